The van der Waals surface area contributed by atoms with E-state index in [1.54, 1.807) is 24.3 Å². The van der Waals surface area contributed by atoms with Gasteiger partial charge in [0.2, 0.25) is 12.7 Å². The molecular formula is C30H38N4O6. The lowest BCUT2D eigenvalue weighted by atomic mass is 9.72. The van der Waals surface area contributed by atoms with E-state index < -0.39 is 17.7 Å². The summed E-state index contributed by atoms with van der Waals surface area (Å²) in [6.07, 6.45) is 1.84. The molecule has 0 saturated carbocycles. The first kappa shape index (κ1) is 27.8. The number of rotatable bonds is 9. The minimum absolute atomic E-state index is 0.0187. The van der Waals surface area contributed by atoms with Gasteiger partial charge in [-0.05, 0) is 61.2 Å². The SMILES string of the molecule is CCC[C@@H](NC(=O)N1C(=O)C(CC)(CC)[C@@H]1Oc1ccc(C(=O)N2CCNCC2)cc1)c1ccc2c(c1)OCO2. The number of nitrogens with zero attached hydrogens (tertiary/aromatic N) is 2. The van der Waals surface area contributed by atoms with E-state index in [1.165, 1.54) is 4.90 Å². The van der Waals surface area contributed by atoms with Crippen molar-refractivity contribution >= 4 is 17.8 Å². The average molecular weight is 551 g/mol. The van der Waals surface area contributed by atoms with Crippen molar-refractivity contribution in [2.75, 3.05) is 33.0 Å². The average Bonchev–Trinajstić information content (AvgIpc) is 3.46. The molecular weight excluding hydrogens is 512 g/mol. The molecule has 2 aromatic carbocycles. The summed E-state index contributed by atoms with van der Waals surface area (Å²) in [7, 11) is 0. The van der Waals surface area contributed by atoms with E-state index in [1.807, 2.05) is 43.9 Å². The van der Waals surface area contributed by atoms with E-state index in [0.717, 1.165) is 25.1 Å². The second kappa shape index (κ2) is 11.8. The fourth-order valence-corrected chi connectivity index (χ4v) is 5.71. The molecule has 40 heavy (non-hydrogen) atoms. The maximum atomic E-state index is 13.6. The van der Waals surface area contributed by atoms with E-state index in [2.05, 4.69) is 10.6 Å². The molecule has 0 aromatic heterocycles. The molecule has 2 saturated heterocycles. The van der Waals surface area contributed by atoms with Crippen LogP contribution in [0.3, 0.4) is 0 Å². The van der Waals surface area contributed by atoms with E-state index in [-0.39, 0.29) is 24.6 Å². The summed E-state index contributed by atoms with van der Waals surface area (Å²) in [5.74, 6) is 1.55. The Bertz CT molecular complexity index is 1240. The van der Waals surface area contributed by atoms with Crippen LogP contribution in [0.25, 0.3) is 0 Å². The van der Waals surface area contributed by atoms with Crippen molar-refractivity contribution in [2.45, 2.75) is 58.7 Å². The lowest BCUT2D eigenvalue weighted by molar-refractivity contribution is -0.191. The van der Waals surface area contributed by atoms with Gasteiger partial charge in [0.15, 0.2) is 17.7 Å². The number of carbonyl (C=O) groups excluding carboxylic acids is 3. The lowest BCUT2D eigenvalue weighted by Gasteiger charge is -2.53. The minimum atomic E-state index is -0.800. The Balaban J connectivity index is 1.32. The smallest absolute Gasteiger partial charge is 0.327 e. The molecule has 10 heteroatoms. The van der Waals surface area contributed by atoms with Gasteiger partial charge in [0.1, 0.15) is 11.2 Å². The molecule has 214 valence electrons. The van der Waals surface area contributed by atoms with Crippen LogP contribution in [0.15, 0.2) is 42.5 Å². The third-order valence-electron chi connectivity index (χ3n) is 8.26. The number of fused-ring (bicyclic) bond motifs is 1. The molecule has 2 fully saturated rings. The summed E-state index contributed by atoms with van der Waals surface area (Å²) in [4.78, 5) is 42.9. The van der Waals surface area contributed by atoms with Gasteiger partial charge in [0.25, 0.3) is 5.91 Å². The van der Waals surface area contributed by atoms with Crippen molar-refractivity contribution < 1.29 is 28.6 Å². The molecule has 5 rings (SSSR count). The summed E-state index contributed by atoms with van der Waals surface area (Å²) in [6, 6.07) is 11.8. The predicted molar refractivity (Wildman–Crippen MR) is 148 cm³/mol. The van der Waals surface area contributed by atoms with Gasteiger partial charge in [0, 0.05) is 31.7 Å². The van der Waals surface area contributed by atoms with Gasteiger partial charge in [-0.2, -0.15) is 0 Å². The fraction of sp³-hybridized carbons (Fsp3) is 0.500. The zero-order valence-electron chi connectivity index (χ0n) is 23.4. The molecule has 2 aromatic rings. The Morgan fingerprint density at radius 3 is 2.42 bits per heavy atom. The minimum Gasteiger partial charge on any atom is -0.469 e. The maximum Gasteiger partial charge on any atom is 0.327 e. The Morgan fingerprint density at radius 1 is 1.05 bits per heavy atom. The van der Waals surface area contributed by atoms with Crippen molar-refractivity contribution in [2.24, 2.45) is 5.41 Å². The number of amides is 4. The standard InChI is InChI=1S/C30H38N4O6/c1-4-7-23(21-10-13-24-25(18-21)39-19-38-24)32-29(37)34-27(36)30(5-2,6-3)28(34)40-22-11-8-20(9-12-22)26(35)33-16-14-31-15-17-33/h8-13,18,23,28,31H,4-7,14-17,19H2,1-3H3,(H,32,37)/t23-,28+/m1/s1. The van der Waals surface area contributed by atoms with Crippen LogP contribution in [0.5, 0.6) is 17.2 Å². The Kier molecular flexibility index (Phi) is 8.16. The maximum absolute atomic E-state index is 13.6. The Morgan fingerprint density at radius 2 is 1.75 bits per heavy atom. The molecule has 0 bridgehead atoms. The molecule has 10 nitrogen and oxygen atoms in total. The molecule has 0 aliphatic carbocycles. The van der Waals surface area contributed by atoms with Gasteiger partial charge < -0.3 is 29.7 Å². The number of likely N-dealkylation sites (tertiary alicyclic amines) is 1. The van der Waals surface area contributed by atoms with Gasteiger partial charge in [0.05, 0.1) is 6.04 Å². The summed E-state index contributed by atoms with van der Waals surface area (Å²) in [5.41, 5.74) is 0.662. The number of hydrogen-bond donors (Lipinski definition) is 2. The zero-order chi connectivity index (χ0) is 28.3. The van der Waals surface area contributed by atoms with Crippen LogP contribution in [-0.4, -0.2) is 66.8 Å². The number of urea groups is 1. The molecule has 2 atom stereocenters. The van der Waals surface area contributed by atoms with Crippen molar-refractivity contribution in [3.8, 4) is 17.2 Å². The topological polar surface area (TPSA) is 109 Å². The highest BCUT2D eigenvalue weighted by atomic mass is 16.7. The Hall–Kier alpha value is -3.79. The van der Waals surface area contributed by atoms with Crippen molar-refractivity contribution in [3.63, 3.8) is 0 Å². The fourth-order valence-electron chi connectivity index (χ4n) is 5.71. The monoisotopic (exact) mass is 550 g/mol. The number of β-lactam (4-membered cyclic amide) rings is 1. The molecule has 3 aliphatic heterocycles. The highest BCUT2D eigenvalue weighted by Gasteiger charge is 2.63. The van der Waals surface area contributed by atoms with Gasteiger partial charge in [-0.15, -0.1) is 0 Å². The normalized spacial score (nSPS) is 20.1. The highest BCUT2D eigenvalue weighted by Crippen LogP contribution is 2.46. The quantitative estimate of drug-likeness (QED) is 0.453. The largest absolute Gasteiger partial charge is 0.469 e. The van der Waals surface area contributed by atoms with Crippen LogP contribution in [0.4, 0.5) is 4.79 Å². The number of imide groups is 1. The van der Waals surface area contributed by atoms with Crippen molar-refractivity contribution in [1.82, 2.24) is 20.4 Å². The van der Waals surface area contributed by atoms with Crippen LogP contribution < -0.4 is 24.8 Å². The van der Waals surface area contributed by atoms with Gasteiger partial charge in [-0.25, -0.2) is 9.69 Å². The molecule has 0 unspecified atom stereocenters. The molecule has 0 radical (unpaired) electrons. The Labute approximate surface area is 234 Å². The second-order valence-electron chi connectivity index (χ2n) is 10.5. The molecule has 3 heterocycles. The number of nitrogens with one attached hydrogen (secondary N) is 2. The first-order valence-electron chi connectivity index (χ1n) is 14.2. The van der Waals surface area contributed by atoms with Crippen LogP contribution >= 0.6 is 0 Å². The van der Waals surface area contributed by atoms with Crippen molar-refractivity contribution in [1.29, 1.82) is 0 Å². The van der Waals surface area contributed by atoms with Gasteiger partial charge in [-0.1, -0.05) is 33.3 Å². The first-order chi connectivity index (χ1) is 19.4. The third-order valence-corrected chi connectivity index (χ3v) is 8.26. The number of piperazine rings is 1. The third kappa shape index (κ3) is 5.08. The zero-order valence-corrected chi connectivity index (χ0v) is 23.4. The summed E-state index contributed by atoms with van der Waals surface area (Å²) in [5, 5.41) is 6.30. The molecule has 3 aliphatic rings. The summed E-state index contributed by atoms with van der Waals surface area (Å²) in [6.45, 7) is 9.01. The molecule has 2 N–H and O–H groups in total. The van der Waals surface area contributed by atoms with E-state index in [4.69, 9.17) is 14.2 Å². The van der Waals surface area contributed by atoms with E-state index >= 15 is 0 Å². The van der Waals surface area contributed by atoms with Gasteiger partial charge in [-0.3, -0.25) is 9.59 Å². The van der Waals surface area contributed by atoms with Crippen LogP contribution in [-0.2, 0) is 4.79 Å². The van der Waals surface area contributed by atoms with Crippen molar-refractivity contribution in [3.05, 3.63) is 53.6 Å². The molecule has 4 amide bonds. The number of benzene rings is 2. The second-order valence-corrected chi connectivity index (χ2v) is 10.5. The predicted octanol–water partition coefficient (Wildman–Crippen LogP) is 4.07. The van der Waals surface area contributed by atoms with Crippen LogP contribution in [0.1, 0.15) is 68.4 Å². The lowest BCUT2D eigenvalue weighted by Crippen LogP contribution is -2.73. The van der Waals surface area contributed by atoms with E-state index in [9.17, 15) is 14.4 Å². The molecule has 0 spiro atoms. The summed E-state index contributed by atoms with van der Waals surface area (Å²) >= 11 is 0. The number of hydrogen-bond acceptors (Lipinski definition) is 7. The van der Waals surface area contributed by atoms with E-state index in [0.29, 0.717) is 55.2 Å². The number of carbonyl (C=O) groups is 3. The van der Waals surface area contributed by atoms with Gasteiger partial charge >= 0.3 is 6.03 Å². The highest BCUT2D eigenvalue weighted by molar-refractivity contribution is 6.03. The van der Waals surface area contributed by atoms with Crippen LogP contribution in [0.2, 0.25) is 0 Å². The first-order valence-corrected chi connectivity index (χ1v) is 14.2. The van der Waals surface area contributed by atoms with Crippen LogP contribution in [0, 0.1) is 5.41 Å². The summed E-state index contributed by atoms with van der Waals surface area (Å²) < 4.78 is 17.3. The number of ether oxygens (including phenoxy) is 3.